The molecular formula is C14H17ClN2O4. The first kappa shape index (κ1) is 15.6. The number of urea groups is 1. The van der Waals surface area contributed by atoms with Crippen molar-refractivity contribution in [3.63, 3.8) is 0 Å². The van der Waals surface area contributed by atoms with Crippen LogP contribution in [0.15, 0.2) is 18.2 Å². The number of halogens is 1. The van der Waals surface area contributed by atoms with Crippen molar-refractivity contribution in [2.24, 2.45) is 0 Å². The van der Waals surface area contributed by atoms with Gasteiger partial charge in [0.25, 0.3) is 0 Å². The molecule has 7 heteroatoms. The van der Waals surface area contributed by atoms with Gasteiger partial charge in [-0.25, -0.2) is 9.59 Å². The van der Waals surface area contributed by atoms with Crippen molar-refractivity contribution in [3.8, 4) is 0 Å². The molecule has 1 aromatic carbocycles. The number of benzene rings is 1. The van der Waals surface area contributed by atoms with Crippen LogP contribution in [-0.2, 0) is 4.74 Å². The molecule has 0 saturated carbocycles. The number of likely N-dealkylation sites (N-methyl/N-ethyl adjacent to an activating group) is 1. The highest BCUT2D eigenvalue weighted by Crippen LogP contribution is 2.25. The van der Waals surface area contributed by atoms with Crippen molar-refractivity contribution in [3.05, 3.63) is 28.8 Å². The molecule has 1 aromatic rings. The summed E-state index contributed by atoms with van der Waals surface area (Å²) in [6.07, 6.45) is 0.745. The lowest BCUT2D eigenvalue weighted by Gasteiger charge is -2.27. The van der Waals surface area contributed by atoms with Gasteiger partial charge in [-0.05, 0) is 31.5 Å². The number of carboxylic acids is 1. The number of carbonyl (C=O) groups is 2. The second kappa shape index (κ2) is 6.32. The largest absolute Gasteiger partial charge is 0.478 e. The summed E-state index contributed by atoms with van der Waals surface area (Å²) in [6.45, 7) is 2.54. The Morgan fingerprint density at radius 3 is 2.76 bits per heavy atom. The minimum atomic E-state index is -1.08. The van der Waals surface area contributed by atoms with Crippen LogP contribution in [0.1, 0.15) is 23.7 Å². The average molecular weight is 313 g/mol. The predicted octanol–water partition coefficient (Wildman–Crippen LogP) is 2.68. The summed E-state index contributed by atoms with van der Waals surface area (Å²) >= 11 is 5.99. The van der Waals surface area contributed by atoms with Gasteiger partial charge < -0.3 is 20.1 Å². The van der Waals surface area contributed by atoms with E-state index >= 15 is 0 Å². The molecule has 2 rings (SSSR count). The standard InChI is InChI=1S/C14H17ClN2O4/c1-8-12(5-6-21-8)17(2)14(20)16-11-7-9(13(18)19)3-4-10(11)15/h3-4,7-8,12H,5-6H2,1-2H3,(H,16,20)(H,18,19). The number of amides is 2. The minimum absolute atomic E-state index is 0.00793. The summed E-state index contributed by atoms with van der Waals surface area (Å²) in [5.41, 5.74) is 0.343. The number of anilines is 1. The number of nitrogens with one attached hydrogen (secondary N) is 1. The van der Waals surface area contributed by atoms with E-state index in [1.54, 1.807) is 11.9 Å². The van der Waals surface area contributed by atoms with Gasteiger partial charge in [0.05, 0.1) is 28.4 Å². The van der Waals surface area contributed by atoms with Crippen molar-refractivity contribution in [2.75, 3.05) is 19.0 Å². The summed E-state index contributed by atoms with van der Waals surface area (Å²) in [7, 11) is 1.68. The van der Waals surface area contributed by atoms with Crippen LogP contribution in [0.5, 0.6) is 0 Å². The first-order valence-corrected chi connectivity index (χ1v) is 6.96. The predicted molar refractivity (Wildman–Crippen MR) is 79.0 cm³/mol. The van der Waals surface area contributed by atoms with Crippen LogP contribution in [0, 0.1) is 0 Å². The van der Waals surface area contributed by atoms with Crippen molar-refractivity contribution >= 4 is 29.3 Å². The smallest absolute Gasteiger partial charge is 0.335 e. The van der Waals surface area contributed by atoms with Gasteiger partial charge in [0, 0.05) is 13.7 Å². The van der Waals surface area contributed by atoms with E-state index in [9.17, 15) is 9.59 Å². The second-order valence-corrected chi connectivity index (χ2v) is 5.38. The molecule has 0 bridgehead atoms. The number of aromatic carboxylic acids is 1. The van der Waals surface area contributed by atoms with Crippen LogP contribution in [0.25, 0.3) is 0 Å². The van der Waals surface area contributed by atoms with E-state index in [-0.39, 0.29) is 34.5 Å². The zero-order valence-electron chi connectivity index (χ0n) is 11.8. The van der Waals surface area contributed by atoms with E-state index in [1.165, 1.54) is 18.2 Å². The molecule has 2 atom stereocenters. The Bertz CT molecular complexity index is 564. The first-order chi connectivity index (χ1) is 9.90. The maximum atomic E-state index is 12.2. The van der Waals surface area contributed by atoms with Gasteiger partial charge in [-0.15, -0.1) is 0 Å². The van der Waals surface area contributed by atoms with Crippen LogP contribution in [0.2, 0.25) is 5.02 Å². The third-order valence-corrected chi connectivity index (χ3v) is 3.94. The minimum Gasteiger partial charge on any atom is -0.478 e. The SMILES string of the molecule is CC1OCCC1N(C)C(=O)Nc1cc(C(=O)O)ccc1Cl. The molecule has 21 heavy (non-hydrogen) atoms. The first-order valence-electron chi connectivity index (χ1n) is 6.58. The van der Waals surface area contributed by atoms with Crippen LogP contribution in [0.4, 0.5) is 10.5 Å². The number of hydrogen-bond acceptors (Lipinski definition) is 3. The topological polar surface area (TPSA) is 78.9 Å². The number of rotatable bonds is 3. The third kappa shape index (κ3) is 3.46. The second-order valence-electron chi connectivity index (χ2n) is 4.97. The van der Waals surface area contributed by atoms with Gasteiger partial charge in [-0.1, -0.05) is 11.6 Å². The Hall–Kier alpha value is -1.79. The van der Waals surface area contributed by atoms with Gasteiger partial charge >= 0.3 is 12.0 Å². The average Bonchev–Trinajstić information content (AvgIpc) is 2.86. The maximum absolute atomic E-state index is 12.2. The zero-order valence-corrected chi connectivity index (χ0v) is 12.6. The monoisotopic (exact) mass is 312 g/mol. The Kier molecular flexibility index (Phi) is 4.69. The van der Waals surface area contributed by atoms with Gasteiger partial charge in [0.15, 0.2) is 0 Å². The molecular weight excluding hydrogens is 296 g/mol. The zero-order chi connectivity index (χ0) is 15.6. The molecule has 2 N–H and O–H groups in total. The number of nitrogens with zero attached hydrogens (tertiary/aromatic N) is 1. The van der Waals surface area contributed by atoms with E-state index in [2.05, 4.69) is 5.32 Å². The number of carboxylic acid groups (broad SMARTS) is 1. The Morgan fingerprint density at radius 1 is 1.48 bits per heavy atom. The fourth-order valence-electron chi connectivity index (χ4n) is 2.34. The van der Waals surface area contributed by atoms with Crippen molar-refractivity contribution < 1.29 is 19.4 Å². The molecule has 2 unspecified atom stereocenters. The Morgan fingerprint density at radius 2 is 2.19 bits per heavy atom. The molecule has 114 valence electrons. The van der Waals surface area contributed by atoms with Gasteiger partial charge in [-0.2, -0.15) is 0 Å². The van der Waals surface area contributed by atoms with Crippen LogP contribution < -0.4 is 5.32 Å². The van der Waals surface area contributed by atoms with E-state index in [0.29, 0.717) is 6.61 Å². The summed E-state index contributed by atoms with van der Waals surface area (Å²) in [6, 6.07) is 3.82. The van der Waals surface area contributed by atoms with E-state index in [0.717, 1.165) is 6.42 Å². The lowest BCUT2D eigenvalue weighted by atomic mass is 10.1. The van der Waals surface area contributed by atoms with Crippen LogP contribution >= 0.6 is 11.6 Å². The van der Waals surface area contributed by atoms with E-state index in [4.69, 9.17) is 21.4 Å². The molecule has 0 radical (unpaired) electrons. The molecule has 1 fully saturated rings. The molecule has 1 aliphatic heterocycles. The third-order valence-electron chi connectivity index (χ3n) is 3.61. The number of hydrogen-bond donors (Lipinski definition) is 2. The normalized spacial score (nSPS) is 21.1. The van der Waals surface area contributed by atoms with Crippen LogP contribution in [0.3, 0.4) is 0 Å². The molecule has 0 spiro atoms. The van der Waals surface area contributed by atoms with E-state index in [1.807, 2.05) is 6.92 Å². The molecule has 1 aliphatic rings. The highest BCUT2D eigenvalue weighted by atomic mass is 35.5. The molecule has 6 nitrogen and oxygen atoms in total. The molecule has 0 aliphatic carbocycles. The van der Waals surface area contributed by atoms with Gasteiger partial charge in [0.2, 0.25) is 0 Å². The Labute approximate surface area is 127 Å². The maximum Gasteiger partial charge on any atom is 0.335 e. The molecule has 0 aromatic heterocycles. The highest BCUT2D eigenvalue weighted by Gasteiger charge is 2.30. The van der Waals surface area contributed by atoms with Crippen LogP contribution in [-0.4, -0.2) is 47.8 Å². The summed E-state index contributed by atoms with van der Waals surface area (Å²) in [4.78, 5) is 24.7. The number of carbonyl (C=O) groups excluding carboxylic acids is 1. The summed E-state index contributed by atoms with van der Waals surface area (Å²) < 4.78 is 5.44. The molecule has 2 amide bonds. The number of ether oxygens (including phenoxy) is 1. The van der Waals surface area contributed by atoms with Gasteiger partial charge in [0.1, 0.15) is 0 Å². The van der Waals surface area contributed by atoms with Crippen molar-refractivity contribution in [2.45, 2.75) is 25.5 Å². The van der Waals surface area contributed by atoms with E-state index < -0.39 is 5.97 Å². The fourth-order valence-corrected chi connectivity index (χ4v) is 2.50. The summed E-state index contributed by atoms with van der Waals surface area (Å²) in [5, 5.41) is 11.9. The van der Waals surface area contributed by atoms with Gasteiger partial charge in [-0.3, -0.25) is 0 Å². The Balaban J connectivity index is 2.12. The van der Waals surface area contributed by atoms with Crippen molar-refractivity contribution in [1.29, 1.82) is 0 Å². The quantitative estimate of drug-likeness (QED) is 0.899. The lowest BCUT2D eigenvalue weighted by molar-refractivity contribution is 0.0697. The molecule has 1 heterocycles. The lowest BCUT2D eigenvalue weighted by Crippen LogP contribution is -2.43. The molecule has 1 saturated heterocycles. The summed E-state index contributed by atoms with van der Waals surface area (Å²) in [5.74, 6) is -1.08. The van der Waals surface area contributed by atoms with Crippen molar-refractivity contribution in [1.82, 2.24) is 4.90 Å². The highest BCUT2D eigenvalue weighted by molar-refractivity contribution is 6.33. The fraction of sp³-hybridized carbons (Fsp3) is 0.429.